The molecule has 1 amide bonds. The van der Waals surface area contributed by atoms with Gasteiger partial charge in [-0.15, -0.1) is 0 Å². The molecule has 0 aromatic rings. The van der Waals surface area contributed by atoms with E-state index >= 15 is 0 Å². The lowest BCUT2D eigenvalue weighted by molar-refractivity contribution is -0.133. The Hall–Kier alpha value is -1.08. The molecule has 0 rings (SSSR count). The fourth-order valence-electron chi connectivity index (χ4n) is 1.33. The van der Waals surface area contributed by atoms with Gasteiger partial charge in [-0.3, -0.25) is 4.79 Å². The van der Waals surface area contributed by atoms with E-state index in [9.17, 15) is 4.79 Å². The maximum Gasteiger partial charge on any atom is 0.224 e. The van der Waals surface area contributed by atoms with Crippen LogP contribution in [0.15, 0.2) is 0 Å². The first kappa shape index (κ1) is 13.9. The van der Waals surface area contributed by atoms with E-state index in [0.29, 0.717) is 19.4 Å². The largest absolute Gasteiger partial charge is 0.339 e. The predicted molar refractivity (Wildman–Crippen MR) is 60.0 cm³/mol. The van der Waals surface area contributed by atoms with Crippen molar-refractivity contribution >= 4 is 5.91 Å². The van der Waals surface area contributed by atoms with Crippen molar-refractivity contribution in [3.63, 3.8) is 0 Å². The van der Waals surface area contributed by atoms with E-state index in [-0.39, 0.29) is 11.9 Å². The van der Waals surface area contributed by atoms with Crippen LogP contribution in [0.4, 0.5) is 0 Å². The van der Waals surface area contributed by atoms with Crippen LogP contribution in [0.25, 0.3) is 0 Å². The molecule has 0 atom stereocenters. The van der Waals surface area contributed by atoms with Crippen molar-refractivity contribution < 1.29 is 4.79 Å². The van der Waals surface area contributed by atoms with Crippen molar-refractivity contribution in [3.05, 3.63) is 0 Å². The number of carbonyl (C=O) groups excluding carboxylic acids is 1. The Kier molecular flexibility index (Phi) is 5.31. The van der Waals surface area contributed by atoms with Crippen LogP contribution in [0.5, 0.6) is 0 Å². The van der Waals surface area contributed by atoms with Gasteiger partial charge in [-0.25, -0.2) is 0 Å². The second-order valence-electron chi connectivity index (χ2n) is 4.75. The summed E-state index contributed by atoms with van der Waals surface area (Å²) in [5.41, 5.74) is 5.30. The fourth-order valence-corrected chi connectivity index (χ4v) is 1.33. The molecular formula is C11H21N3O. The first-order valence-electron chi connectivity index (χ1n) is 5.23. The Morgan fingerprint density at radius 2 is 2.07 bits per heavy atom. The van der Waals surface area contributed by atoms with Crippen molar-refractivity contribution in [1.82, 2.24) is 4.90 Å². The topological polar surface area (TPSA) is 70.1 Å². The summed E-state index contributed by atoms with van der Waals surface area (Å²) in [7, 11) is 0. The molecule has 15 heavy (non-hydrogen) atoms. The zero-order valence-corrected chi connectivity index (χ0v) is 10.1. The molecule has 4 nitrogen and oxygen atoms in total. The Morgan fingerprint density at radius 3 is 2.40 bits per heavy atom. The lowest BCUT2D eigenvalue weighted by atomic mass is 10.0. The zero-order valence-electron chi connectivity index (χ0n) is 10.1. The minimum absolute atomic E-state index is 0.0211. The Bertz CT molecular complexity index is 248. The van der Waals surface area contributed by atoms with Gasteiger partial charge in [-0.2, -0.15) is 5.26 Å². The molecule has 0 bridgehead atoms. The second-order valence-corrected chi connectivity index (χ2v) is 4.75. The normalized spacial score (nSPS) is 11.3. The number of hydrogen-bond donors (Lipinski definition) is 1. The summed E-state index contributed by atoms with van der Waals surface area (Å²) in [4.78, 5) is 13.5. The van der Waals surface area contributed by atoms with E-state index in [4.69, 9.17) is 11.0 Å². The lowest BCUT2D eigenvalue weighted by Crippen LogP contribution is -2.44. The van der Waals surface area contributed by atoms with Crippen LogP contribution in [-0.4, -0.2) is 28.9 Å². The van der Waals surface area contributed by atoms with Crippen molar-refractivity contribution in [2.45, 2.75) is 52.1 Å². The average molecular weight is 211 g/mol. The van der Waals surface area contributed by atoms with Gasteiger partial charge in [0.1, 0.15) is 0 Å². The SMILES string of the molecule is CC(C)N(CCC#N)C(=O)CC(C)(C)N. The molecule has 0 fully saturated rings. The van der Waals surface area contributed by atoms with E-state index in [0.717, 1.165) is 0 Å². The van der Waals surface area contributed by atoms with Gasteiger partial charge in [0.05, 0.1) is 12.5 Å². The monoisotopic (exact) mass is 211 g/mol. The molecule has 0 saturated heterocycles. The van der Waals surface area contributed by atoms with Gasteiger partial charge in [0.25, 0.3) is 0 Å². The third-order valence-electron chi connectivity index (χ3n) is 2.02. The molecular weight excluding hydrogens is 190 g/mol. The molecule has 0 aromatic heterocycles. The van der Waals surface area contributed by atoms with Gasteiger partial charge in [0, 0.05) is 24.5 Å². The molecule has 0 aliphatic rings. The number of nitrogens with two attached hydrogens (primary N) is 1. The van der Waals surface area contributed by atoms with Crippen LogP contribution < -0.4 is 5.73 Å². The van der Waals surface area contributed by atoms with Gasteiger partial charge in [0.2, 0.25) is 5.91 Å². The summed E-state index contributed by atoms with van der Waals surface area (Å²) in [6.45, 7) is 8.03. The van der Waals surface area contributed by atoms with E-state index < -0.39 is 5.54 Å². The zero-order chi connectivity index (χ0) is 12.1. The van der Waals surface area contributed by atoms with Gasteiger partial charge >= 0.3 is 0 Å². The molecule has 0 radical (unpaired) electrons. The Balaban J connectivity index is 4.37. The minimum Gasteiger partial charge on any atom is -0.339 e. The minimum atomic E-state index is -0.489. The molecule has 0 aliphatic heterocycles. The Labute approximate surface area is 92.0 Å². The quantitative estimate of drug-likeness (QED) is 0.744. The smallest absolute Gasteiger partial charge is 0.224 e. The highest BCUT2D eigenvalue weighted by atomic mass is 16.2. The maximum atomic E-state index is 11.8. The number of carbonyl (C=O) groups is 1. The van der Waals surface area contributed by atoms with Crippen LogP contribution in [-0.2, 0) is 4.79 Å². The Morgan fingerprint density at radius 1 is 1.53 bits per heavy atom. The average Bonchev–Trinajstić information content (AvgIpc) is 2.00. The van der Waals surface area contributed by atoms with Gasteiger partial charge in [-0.1, -0.05) is 0 Å². The van der Waals surface area contributed by atoms with Crippen LogP contribution >= 0.6 is 0 Å². The highest BCUT2D eigenvalue weighted by molar-refractivity contribution is 5.77. The van der Waals surface area contributed by atoms with Gasteiger partial charge in [0.15, 0.2) is 0 Å². The summed E-state index contributed by atoms with van der Waals surface area (Å²) in [5.74, 6) is 0.0211. The number of rotatable bonds is 5. The van der Waals surface area contributed by atoms with E-state index in [1.165, 1.54) is 0 Å². The summed E-state index contributed by atoms with van der Waals surface area (Å²) in [6.07, 6.45) is 0.686. The summed E-state index contributed by atoms with van der Waals surface area (Å²) >= 11 is 0. The van der Waals surface area contributed by atoms with Crippen molar-refractivity contribution in [2.24, 2.45) is 5.73 Å². The number of hydrogen-bond acceptors (Lipinski definition) is 3. The molecule has 0 aliphatic carbocycles. The summed E-state index contributed by atoms with van der Waals surface area (Å²) < 4.78 is 0. The summed E-state index contributed by atoms with van der Waals surface area (Å²) in [6, 6.07) is 2.16. The third kappa shape index (κ3) is 6.08. The number of nitrogens with zero attached hydrogens (tertiary/aromatic N) is 2. The molecule has 86 valence electrons. The van der Waals surface area contributed by atoms with Crippen LogP contribution in [0.1, 0.15) is 40.5 Å². The van der Waals surface area contributed by atoms with Crippen LogP contribution in [0.2, 0.25) is 0 Å². The predicted octanol–water partition coefficient (Wildman–Crippen LogP) is 1.26. The van der Waals surface area contributed by atoms with E-state index in [1.807, 2.05) is 33.8 Å². The lowest BCUT2D eigenvalue weighted by Gasteiger charge is -2.29. The standard InChI is InChI=1S/C11H21N3O/c1-9(2)14(7-5-6-12)10(15)8-11(3,4)13/h9H,5,7-8,13H2,1-4H3. The van der Waals surface area contributed by atoms with E-state index in [1.54, 1.807) is 4.90 Å². The number of amides is 1. The molecule has 0 saturated carbocycles. The molecule has 4 heteroatoms. The highest BCUT2D eigenvalue weighted by Gasteiger charge is 2.22. The van der Waals surface area contributed by atoms with Crippen molar-refractivity contribution in [3.8, 4) is 6.07 Å². The van der Waals surface area contributed by atoms with Gasteiger partial charge in [-0.05, 0) is 27.7 Å². The molecule has 2 N–H and O–H groups in total. The first-order chi connectivity index (χ1) is 6.78. The third-order valence-corrected chi connectivity index (χ3v) is 2.02. The number of nitriles is 1. The molecule has 0 aromatic carbocycles. The second kappa shape index (κ2) is 5.72. The fraction of sp³-hybridized carbons (Fsp3) is 0.818. The first-order valence-corrected chi connectivity index (χ1v) is 5.23. The van der Waals surface area contributed by atoms with Gasteiger partial charge < -0.3 is 10.6 Å². The summed E-state index contributed by atoms with van der Waals surface area (Å²) in [5, 5.41) is 8.50. The molecule has 0 unspecified atom stereocenters. The van der Waals surface area contributed by atoms with Crippen LogP contribution in [0.3, 0.4) is 0 Å². The highest BCUT2D eigenvalue weighted by Crippen LogP contribution is 2.10. The maximum absolute atomic E-state index is 11.8. The molecule has 0 spiro atoms. The van der Waals surface area contributed by atoms with E-state index in [2.05, 4.69) is 0 Å². The van der Waals surface area contributed by atoms with Crippen LogP contribution in [0, 0.1) is 11.3 Å². The van der Waals surface area contributed by atoms with Crippen molar-refractivity contribution in [1.29, 1.82) is 5.26 Å². The van der Waals surface area contributed by atoms with Crippen molar-refractivity contribution in [2.75, 3.05) is 6.54 Å². The molecule has 0 heterocycles.